The van der Waals surface area contributed by atoms with Crippen LogP contribution in [-0.2, 0) is 6.54 Å². The van der Waals surface area contributed by atoms with Gasteiger partial charge in [0.1, 0.15) is 0 Å². The number of hydrogen-bond acceptors (Lipinski definition) is 4. The van der Waals surface area contributed by atoms with E-state index in [1.807, 2.05) is 50.2 Å². The van der Waals surface area contributed by atoms with Crippen LogP contribution in [0.5, 0.6) is 0 Å². The molecular formula is C24H21ClN4O2S. The number of hydrogen-bond donors (Lipinski definition) is 3. The average Bonchev–Trinajstić information content (AvgIpc) is 3.16. The third kappa shape index (κ3) is 5.07. The van der Waals surface area contributed by atoms with Gasteiger partial charge in [0.05, 0.1) is 20.9 Å². The van der Waals surface area contributed by atoms with Crippen LogP contribution in [0.2, 0.25) is 5.02 Å². The molecule has 0 atom stereocenters. The van der Waals surface area contributed by atoms with Crippen LogP contribution in [0.4, 0.5) is 15.6 Å². The van der Waals surface area contributed by atoms with Gasteiger partial charge in [-0.1, -0.05) is 64.9 Å². The molecule has 0 aliphatic carbocycles. The normalized spacial score (nSPS) is 10.7. The molecule has 4 rings (SSSR count). The predicted molar refractivity (Wildman–Crippen MR) is 131 cm³/mol. The highest BCUT2D eigenvalue weighted by molar-refractivity contribution is 7.22. The number of nitrogens with zero attached hydrogens (tertiary/aromatic N) is 1. The van der Waals surface area contributed by atoms with Crippen LogP contribution in [0.1, 0.15) is 27.0 Å². The first-order valence-electron chi connectivity index (χ1n) is 9.96. The van der Waals surface area contributed by atoms with E-state index in [-0.39, 0.29) is 11.9 Å². The topological polar surface area (TPSA) is 83.1 Å². The number of benzene rings is 3. The molecule has 6 nitrogen and oxygen atoms in total. The number of carbonyl (C=O) groups excluding carboxylic acids is 2. The highest BCUT2D eigenvalue weighted by Gasteiger charge is 2.13. The zero-order chi connectivity index (χ0) is 22.7. The van der Waals surface area contributed by atoms with Gasteiger partial charge in [0.15, 0.2) is 5.13 Å². The molecule has 0 bridgehead atoms. The third-order valence-corrected chi connectivity index (χ3v) is 6.12. The van der Waals surface area contributed by atoms with E-state index in [4.69, 9.17) is 11.6 Å². The molecule has 3 N–H and O–H groups in total. The number of aromatic nitrogens is 1. The second kappa shape index (κ2) is 9.38. The summed E-state index contributed by atoms with van der Waals surface area (Å²) in [5, 5.41) is 9.40. The van der Waals surface area contributed by atoms with E-state index >= 15 is 0 Å². The predicted octanol–water partition coefficient (Wildman–Crippen LogP) is 6.14. The minimum atomic E-state index is -0.335. The van der Waals surface area contributed by atoms with Crippen molar-refractivity contribution in [2.24, 2.45) is 0 Å². The van der Waals surface area contributed by atoms with Crippen molar-refractivity contribution >= 4 is 55.9 Å². The summed E-state index contributed by atoms with van der Waals surface area (Å²) in [6.45, 7) is 4.31. The first-order valence-corrected chi connectivity index (χ1v) is 11.2. The van der Waals surface area contributed by atoms with E-state index < -0.39 is 0 Å². The largest absolute Gasteiger partial charge is 0.334 e. The van der Waals surface area contributed by atoms with E-state index in [1.165, 1.54) is 11.3 Å². The van der Waals surface area contributed by atoms with Crippen molar-refractivity contribution in [3.05, 3.63) is 87.9 Å². The SMILES string of the molecule is Cc1cccc(CNC(=O)Nc2nc3ccc(C(=O)Nc4c(C)cccc4Cl)cc3s2)c1. The minimum absolute atomic E-state index is 0.262. The van der Waals surface area contributed by atoms with E-state index in [2.05, 4.69) is 20.9 Å². The molecule has 1 aromatic heterocycles. The molecule has 0 spiro atoms. The number of aryl methyl sites for hydroxylation is 2. The fourth-order valence-corrected chi connectivity index (χ4v) is 4.41. The molecule has 3 aromatic carbocycles. The van der Waals surface area contributed by atoms with Crippen molar-refractivity contribution < 1.29 is 9.59 Å². The Morgan fingerprint density at radius 1 is 1.00 bits per heavy atom. The van der Waals surface area contributed by atoms with E-state index in [9.17, 15) is 9.59 Å². The van der Waals surface area contributed by atoms with Gasteiger partial charge in [-0.15, -0.1) is 0 Å². The quantitative estimate of drug-likeness (QED) is 0.331. The highest BCUT2D eigenvalue weighted by Crippen LogP contribution is 2.29. The second-order valence-corrected chi connectivity index (χ2v) is 8.82. The summed E-state index contributed by atoms with van der Waals surface area (Å²) in [6.07, 6.45) is 0. The molecule has 0 saturated carbocycles. The van der Waals surface area contributed by atoms with Crippen LogP contribution >= 0.6 is 22.9 Å². The minimum Gasteiger partial charge on any atom is -0.334 e. The number of para-hydroxylation sites is 1. The lowest BCUT2D eigenvalue weighted by molar-refractivity contribution is 0.102. The Hall–Kier alpha value is -3.42. The lowest BCUT2D eigenvalue weighted by Gasteiger charge is -2.10. The van der Waals surface area contributed by atoms with Crippen molar-refractivity contribution in [3.8, 4) is 0 Å². The van der Waals surface area contributed by atoms with Crippen molar-refractivity contribution in [1.29, 1.82) is 0 Å². The Balaban J connectivity index is 1.43. The van der Waals surface area contributed by atoms with Crippen molar-refractivity contribution in [1.82, 2.24) is 10.3 Å². The number of carbonyl (C=O) groups is 2. The molecule has 0 aliphatic heterocycles. The van der Waals surface area contributed by atoms with Gasteiger partial charge in [0, 0.05) is 12.1 Å². The van der Waals surface area contributed by atoms with Crippen LogP contribution in [0.3, 0.4) is 0 Å². The molecule has 8 heteroatoms. The Labute approximate surface area is 194 Å². The summed E-state index contributed by atoms with van der Waals surface area (Å²) in [4.78, 5) is 29.4. The van der Waals surface area contributed by atoms with Crippen molar-refractivity contribution in [2.75, 3.05) is 10.6 Å². The summed E-state index contributed by atoms with van der Waals surface area (Å²) >= 11 is 7.52. The smallest absolute Gasteiger partial charge is 0.321 e. The molecule has 1 heterocycles. The summed E-state index contributed by atoms with van der Waals surface area (Å²) in [5.41, 5.74) is 4.82. The summed E-state index contributed by atoms with van der Waals surface area (Å²) < 4.78 is 0.794. The fraction of sp³-hybridized carbons (Fsp3) is 0.125. The molecule has 0 aliphatic rings. The number of urea groups is 1. The van der Waals surface area contributed by atoms with Gasteiger partial charge in [0.2, 0.25) is 0 Å². The molecule has 162 valence electrons. The zero-order valence-electron chi connectivity index (χ0n) is 17.5. The molecule has 0 unspecified atom stereocenters. The monoisotopic (exact) mass is 464 g/mol. The fourth-order valence-electron chi connectivity index (χ4n) is 3.24. The van der Waals surface area contributed by atoms with Crippen LogP contribution in [0, 0.1) is 13.8 Å². The van der Waals surface area contributed by atoms with Crippen molar-refractivity contribution in [3.63, 3.8) is 0 Å². The van der Waals surface area contributed by atoms with Gasteiger partial charge in [0.25, 0.3) is 5.91 Å². The first kappa shape index (κ1) is 21.8. The summed E-state index contributed by atoms with van der Waals surface area (Å²) in [7, 11) is 0. The second-order valence-electron chi connectivity index (χ2n) is 7.38. The maximum atomic E-state index is 12.7. The molecule has 32 heavy (non-hydrogen) atoms. The highest BCUT2D eigenvalue weighted by atomic mass is 35.5. The average molecular weight is 465 g/mol. The Morgan fingerprint density at radius 2 is 1.81 bits per heavy atom. The van der Waals surface area contributed by atoms with Gasteiger partial charge in [-0.3, -0.25) is 10.1 Å². The number of halogens is 1. The maximum Gasteiger partial charge on any atom is 0.321 e. The number of rotatable bonds is 5. The van der Waals surface area contributed by atoms with Crippen LogP contribution in [0.15, 0.2) is 60.7 Å². The molecule has 0 fully saturated rings. The Morgan fingerprint density at radius 3 is 2.59 bits per heavy atom. The van der Waals surface area contributed by atoms with E-state index in [1.54, 1.807) is 24.3 Å². The van der Waals surface area contributed by atoms with Crippen LogP contribution in [-0.4, -0.2) is 16.9 Å². The van der Waals surface area contributed by atoms with Gasteiger partial charge in [-0.05, 0) is 49.2 Å². The first-order chi connectivity index (χ1) is 15.4. The van der Waals surface area contributed by atoms with Crippen LogP contribution in [0.25, 0.3) is 10.2 Å². The summed E-state index contributed by atoms with van der Waals surface area (Å²) in [6, 6.07) is 18.3. The lowest BCUT2D eigenvalue weighted by Crippen LogP contribution is -2.28. The lowest BCUT2D eigenvalue weighted by atomic mass is 10.1. The number of thiazole rings is 1. The van der Waals surface area contributed by atoms with Crippen LogP contribution < -0.4 is 16.0 Å². The van der Waals surface area contributed by atoms with Gasteiger partial charge >= 0.3 is 6.03 Å². The number of amides is 3. The van der Waals surface area contributed by atoms with Gasteiger partial charge in [-0.2, -0.15) is 0 Å². The van der Waals surface area contributed by atoms with E-state index in [0.717, 1.165) is 21.4 Å². The van der Waals surface area contributed by atoms with Gasteiger partial charge < -0.3 is 10.6 Å². The third-order valence-electron chi connectivity index (χ3n) is 4.87. The van der Waals surface area contributed by atoms with E-state index in [0.29, 0.717) is 33.5 Å². The number of nitrogens with one attached hydrogen (secondary N) is 3. The molecule has 3 amide bonds. The molecule has 0 radical (unpaired) electrons. The Bertz CT molecular complexity index is 1300. The zero-order valence-corrected chi connectivity index (χ0v) is 19.1. The maximum absolute atomic E-state index is 12.7. The number of anilines is 2. The molecule has 0 saturated heterocycles. The molecule has 4 aromatic rings. The molecular weight excluding hydrogens is 444 g/mol. The van der Waals surface area contributed by atoms with Crippen molar-refractivity contribution in [2.45, 2.75) is 20.4 Å². The Kier molecular flexibility index (Phi) is 6.39. The number of fused-ring (bicyclic) bond motifs is 1. The van der Waals surface area contributed by atoms with Gasteiger partial charge in [-0.25, -0.2) is 9.78 Å². The summed E-state index contributed by atoms with van der Waals surface area (Å²) in [5.74, 6) is -0.262. The standard InChI is InChI=1S/C24H21ClN4O2S/c1-14-5-3-7-16(11-14)13-26-23(31)29-24-27-19-10-9-17(12-20(19)32-24)22(30)28-21-15(2)6-4-8-18(21)25/h3-12H,13H2,1-2H3,(H,28,30)(H2,26,27,29,31).